The number of hydrogen-bond acceptors (Lipinski definition) is 3. The van der Waals surface area contributed by atoms with Gasteiger partial charge in [-0.3, -0.25) is 9.58 Å². The molecular formula is C16H30N4. The molecular weight excluding hydrogens is 248 g/mol. The third kappa shape index (κ3) is 3.41. The summed E-state index contributed by atoms with van der Waals surface area (Å²) >= 11 is 0. The fraction of sp³-hybridized carbons (Fsp3) is 0.812. The molecule has 0 spiro atoms. The third-order valence-electron chi connectivity index (χ3n) is 4.82. The van der Waals surface area contributed by atoms with E-state index in [0.717, 1.165) is 18.8 Å². The molecule has 0 aromatic carbocycles. The van der Waals surface area contributed by atoms with Crippen LogP contribution in [0.3, 0.4) is 0 Å². The SMILES string of the molecule is CC(C)n1ccc(CN(C)C2(CN)CCCCCC2)n1. The van der Waals surface area contributed by atoms with Gasteiger partial charge < -0.3 is 5.73 Å². The van der Waals surface area contributed by atoms with Crippen molar-refractivity contribution in [1.82, 2.24) is 14.7 Å². The molecule has 0 atom stereocenters. The number of aromatic nitrogens is 2. The number of nitrogens with two attached hydrogens (primary N) is 1. The Labute approximate surface area is 123 Å². The molecule has 0 unspecified atom stereocenters. The highest BCUT2D eigenvalue weighted by atomic mass is 15.3. The zero-order chi connectivity index (χ0) is 14.6. The molecule has 114 valence electrons. The summed E-state index contributed by atoms with van der Waals surface area (Å²) in [5.41, 5.74) is 7.48. The first-order chi connectivity index (χ1) is 9.57. The smallest absolute Gasteiger partial charge is 0.0764 e. The Kier molecular flexibility index (Phi) is 5.22. The van der Waals surface area contributed by atoms with Crippen molar-refractivity contribution < 1.29 is 0 Å². The molecule has 1 fully saturated rings. The van der Waals surface area contributed by atoms with E-state index < -0.39 is 0 Å². The van der Waals surface area contributed by atoms with E-state index in [1.54, 1.807) is 0 Å². The minimum Gasteiger partial charge on any atom is -0.329 e. The fourth-order valence-corrected chi connectivity index (χ4v) is 3.29. The van der Waals surface area contributed by atoms with Gasteiger partial charge in [0.15, 0.2) is 0 Å². The van der Waals surface area contributed by atoms with Crippen LogP contribution in [0.2, 0.25) is 0 Å². The standard InChI is InChI=1S/C16H30N4/c1-14(2)20-11-8-15(18-20)12-19(3)16(13-17)9-6-4-5-7-10-16/h8,11,14H,4-7,9-10,12-13,17H2,1-3H3. The van der Waals surface area contributed by atoms with Gasteiger partial charge in [-0.05, 0) is 39.8 Å². The maximum atomic E-state index is 6.15. The minimum atomic E-state index is 0.179. The molecule has 2 N–H and O–H groups in total. The Morgan fingerprint density at radius 2 is 1.95 bits per heavy atom. The van der Waals surface area contributed by atoms with Crippen molar-refractivity contribution in [2.24, 2.45) is 5.73 Å². The lowest BCUT2D eigenvalue weighted by Crippen LogP contribution is -2.51. The summed E-state index contributed by atoms with van der Waals surface area (Å²) in [5.74, 6) is 0. The van der Waals surface area contributed by atoms with Crippen LogP contribution in [-0.4, -0.2) is 33.8 Å². The third-order valence-corrected chi connectivity index (χ3v) is 4.82. The lowest BCUT2D eigenvalue weighted by molar-refractivity contribution is 0.0981. The van der Waals surface area contributed by atoms with Gasteiger partial charge in [0.25, 0.3) is 0 Å². The molecule has 2 rings (SSSR count). The summed E-state index contributed by atoms with van der Waals surface area (Å²) in [6, 6.07) is 2.56. The van der Waals surface area contributed by atoms with Crippen molar-refractivity contribution in [3.05, 3.63) is 18.0 Å². The second-order valence-corrected chi connectivity index (χ2v) is 6.58. The van der Waals surface area contributed by atoms with Crippen molar-refractivity contribution >= 4 is 0 Å². The van der Waals surface area contributed by atoms with Gasteiger partial charge in [0, 0.05) is 30.9 Å². The Balaban J connectivity index is 2.05. The number of rotatable bonds is 5. The van der Waals surface area contributed by atoms with E-state index in [9.17, 15) is 0 Å². The monoisotopic (exact) mass is 278 g/mol. The summed E-state index contributed by atoms with van der Waals surface area (Å²) in [4.78, 5) is 2.45. The Morgan fingerprint density at radius 1 is 1.30 bits per heavy atom. The van der Waals surface area contributed by atoms with Crippen LogP contribution in [0.1, 0.15) is 64.1 Å². The molecule has 0 amide bonds. The molecule has 0 saturated heterocycles. The van der Waals surface area contributed by atoms with E-state index in [2.05, 4.69) is 43.2 Å². The molecule has 0 bridgehead atoms. The fourth-order valence-electron chi connectivity index (χ4n) is 3.29. The first-order valence-electron chi connectivity index (χ1n) is 8.03. The maximum Gasteiger partial charge on any atom is 0.0764 e. The summed E-state index contributed by atoms with van der Waals surface area (Å²) in [6.07, 6.45) is 9.87. The summed E-state index contributed by atoms with van der Waals surface area (Å²) in [7, 11) is 2.21. The van der Waals surface area contributed by atoms with E-state index in [1.165, 1.54) is 38.5 Å². The average Bonchev–Trinajstić information content (AvgIpc) is 2.75. The van der Waals surface area contributed by atoms with Crippen LogP contribution in [-0.2, 0) is 6.54 Å². The average molecular weight is 278 g/mol. The van der Waals surface area contributed by atoms with E-state index in [1.807, 2.05) is 4.68 Å². The summed E-state index contributed by atoms with van der Waals surface area (Å²) < 4.78 is 2.03. The Hall–Kier alpha value is -0.870. The van der Waals surface area contributed by atoms with Crippen molar-refractivity contribution in [2.75, 3.05) is 13.6 Å². The molecule has 4 heteroatoms. The number of hydrogen-bond donors (Lipinski definition) is 1. The molecule has 1 saturated carbocycles. The highest BCUT2D eigenvalue weighted by Crippen LogP contribution is 2.31. The second kappa shape index (κ2) is 6.72. The van der Waals surface area contributed by atoms with E-state index in [4.69, 9.17) is 5.73 Å². The van der Waals surface area contributed by atoms with Gasteiger partial charge in [-0.2, -0.15) is 5.10 Å². The molecule has 1 aliphatic rings. The van der Waals surface area contributed by atoms with Crippen LogP contribution in [0.25, 0.3) is 0 Å². The van der Waals surface area contributed by atoms with Crippen LogP contribution in [0, 0.1) is 0 Å². The van der Waals surface area contributed by atoms with E-state index in [-0.39, 0.29) is 5.54 Å². The van der Waals surface area contributed by atoms with Crippen LogP contribution in [0.15, 0.2) is 12.3 Å². The van der Waals surface area contributed by atoms with Crippen LogP contribution < -0.4 is 5.73 Å². The Bertz CT molecular complexity index is 402. The molecule has 1 aromatic rings. The molecule has 4 nitrogen and oxygen atoms in total. The van der Waals surface area contributed by atoms with Crippen LogP contribution in [0.5, 0.6) is 0 Å². The minimum absolute atomic E-state index is 0.179. The first kappa shape index (κ1) is 15.5. The van der Waals surface area contributed by atoms with E-state index >= 15 is 0 Å². The normalized spacial score (nSPS) is 19.5. The Morgan fingerprint density at radius 3 is 2.45 bits per heavy atom. The van der Waals surface area contributed by atoms with Crippen molar-refractivity contribution in [2.45, 2.75) is 70.5 Å². The zero-order valence-electron chi connectivity index (χ0n) is 13.3. The van der Waals surface area contributed by atoms with Crippen molar-refractivity contribution in [1.29, 1.82) is 0 Å². The topological polar surface area (TPSA) is 47.1 Å². The molecule has 1 aliphatic carbocycles. The van der Waals surface area contributed by atoms with Crippen LogP contribution >= 0.6 is 0 Å². The summed E-state index contributed by atoms with van der Waals surface area (Å²) in [6.45, 7) is 5.98. The predicted octanol–water partition coefficient (Wildman–Crippen LogP) is 2.95. The van der Waals surface area contributed by atoms with Gasteiger partial charge in [0.05, 0.1) is 5.69 Å². The second-order valence-electron chi connectivity index (χ2n) is 6.58. The molecule has 1 heterocycles. The molecule has 1 aromatic heterocycles. The van der Waals surface area contributed by atoms with Crippen molar-refractivity contribution in [3.8, 4) is 0 Å². The molecule has 0 aliphatic heterocycles. The lowest BCUT2D eigenvalue weighted by atomic mass is 9.88. The quantitative estimate of drug-likeness (QED) is 0.842. The highest BCUT2D eigenvalue weighted by molar-refractivity contribution is 5.02. The highest BCUT2D eigenvalue weighted by Gasteiger charge is 2.33. The van der Waals surface area contributed by atoms with Gasteiger partial charge in [0.1, 0.15) is 0 Å². The van der Waals surface area contributed by atoms with E-state index in [0.29, 0.717) is 6.04 Å². The van der Waals surface area contributed by atoms with Gasteiger partial charge in [-0.1, -0.05) is 25.7 Å². The van der Waals surface area contributed by atoms with Gasteiger partial charge >= 0.3 is 0 Å². The largest absolute Gasteiger partial charge is 0.329 e. The molecule has 0 radical (unpaired) electrons. The lowest BCUT2D eigenvalue weighted by Gasteiger charge is -2.40. The van der Waals surface area contributed by atoms with Gasteiger partial charge in [-0.15, -0.1) is 0 Å². The van der Waals surface area contributed by atoms with Crippen molar-refractivity contribution in [3.63, 3.8) is 0 Å². The first-order valence-corrected chi connectivity index (χ1v) is 8.03. The maximum absolute atomic E-state index is 6.15. The van der Waals surface area contributed by atoms with Crippen LogP contribution in [0.4, 0.5) is 0 Å². The molecule has 20 heavy (non-hydrogen) atoms. The predicted molar refractivity (Wildman–Crippen MR) is 83.6 cm³/mol. The van der Waals surface area contributed by atoms with Gasteiger partial charge in [0.2, 0.25) is 0 Å². The summed E-state index contributed by atoms with van der Waals surface area (Å²) in [5, 5.41) is 4.67. The number of likely N-dealkylation sites (N-methyl/N-ethyl adjacent to an activating group) is 1. The zero-order valence-corrected chi connectivity index (χ0v) is 13.3. The number of nitrogens with zero attached hydrogens (tertiary/aromatic N) is 3. The van der Waals surface area contributed by atoms with Gasteiger partial charge in [-0.25, -0.2) is 0 Å².